The first-order valence-electron chi connectivity index (χ1n) is 13.2. The van der Waals surface area contributed by atoms with Crippen molar-refractivity contribution in [2.45, 2.75) is 118 Å². The molecule has 1 N–H and O–H groups in total. The number of ketones is 1. The molecule has 0 heterocycles. The van der Waals surface area contributed by atoms with Crippen LogP contribution in [-0.2, 0) is 4.79 Å². The standard InChI is InChI=1S/C28H48O2/c1-7-26(3,4)14-12-18(2)21-10-11-22-20-16-25(30)24-9-8-19(29)17-28(24,6)23(20)13-15-27(21,22)5/h18-24,29H,7-17H2,1-6H3/t18-,19+,20+,21-,22+,23+,24-,27-,28-/m1/s1. The third-order valence-electron chi connectivity index (χ3n) is 11.4. The molecule has 0 aromatic rings. The fourth-order valence-electron chi connectivity index (χ4n) is 9.12. The van der Waals surface area contributed by atoms with E-state index in [0.29, 0.717) is 28.4 Å². The summed E-state index contributed by atoms with van der Waals surface area (Å²) in [6.45, 7) is 14.7. The summed E-state index contributed by atoms with van der Waals surface area (Å²) in [5.41, 5.74) is 0.938. The maximum atomic E-state index is 13.3. The monoisotopic (exact) mass is 416 g/mol. The van der Waals surface area contributed by atoms with Crippen molar-refractivity contribution < 1.29 is 9.90 Å². The van der Waals surface area contributed by atoms with Crippen molar-refractivity contribution in [2.24, 2.45) is 51.8 Å². The lowest BCUT2D eigenvalue weighted by molar-refractivity contribution is -0.160. The molecule has 0 aromatic carbocycles. The van der Waals surface area contributed by atoms with Gasteiger partial charge in [-0.05, 0) is 104 Å². The molecule has 30 heavy (non-hydrogen) atoms. The Balaban J connectivity index is 1.52. The molecule has 4 fully saturated rings. The van der Waals surface area contributed by atoms with E-state index >= 15 is 0 Å². The van der Waals surface area contributed by atoms with Gasteiger partial charge in [0.2, 0.25) is 0 Å². The number of aliphatic hydroxyl groups is 1. The molecule has 0 bridgehead atoms. The van der Waals surface area contributed by atoms with E-state index < -0.39 is 0 Å². The van der Waals surface area contributed by atoms with Crippen LogP contribution in [0, 0.1) is 51.8 Å². The Morgan fingerprint density at radius 1 is 1.07 bits per heavy atom. The molecule has 4 aliphatic carbocycles. The second-order valence-corrected chi connectivity index (χ2v) is 13.3. The average molecular weight is 417 g/mol. The quantitative estimate of drug-likeness (QED) is 0.522. The minimum atomic E-state index is -0.190. The molecule has 0 radical (unpaired) electrons. The van der Waals surface area contributed by atoms with Gasteiger partial charge in [0, 0.05) is 12.3 Å². The summed E-state index contributed by atoms with van der Waals surface area (Å²) >= 11 is 0. The summed E-state index contributed by atoms with van der Waals surface area (Å²) in [5.74, 6) is 4.34. The van der Waals surface area contributed by atoms with E-state index in [0.717, 1.165) is 43.4 Å². The van der Waals surface area contributed by atoms with Gasteiger partial charge in [-0.1, -0.05) is 48.0 Å². The predicted octanol–water partition coefficient (Wildman–Crippen LogP) is 7.04. The minimum Gasteiger partial charge on any atom is -0.393 e. The molecule has 4 aliphatic rings. The van der Waals surface area contributed by atoms with Crippen molar-refractivity contribution in [3.8, 4) is 0 Å². The van der Waals surface area contributed by atoms with E-state index in [1.807, 2.05) is 0 Å². The Labute approximate surface area is 186 Å². The summed E-state index contributed by atoms with van der Waals surface area (Å²) in [6, 6.07) is 0. The van der Waals surface area contributed by atoms with Gasteiger partial charge in [-0.3, -0.25) is 4.79 Å². The Hall–Kier alpha value is -0.370. The zero-order valence-corrected chi connectivity index (χ0v) is 20.7. The van der Waals surface area contributed by atoms with Gasteiger partial charge in [0.15, 0.2) is 0 Å². The number of rotatable bonds is 5. The molecule has 4 rings (SSSR count). The van der Waals surface area contributed by atoms with Crippen LogP contribution in [0.1, 0.15) is 112 Å². The summed E-state index contributed by atoms with van der Waals surface area (Å²) in [4.78, 5) is 13.3. The highest BCUT2D eigenvalue weighted by molar-refractivity contribution is 5.83. The van der Waals surface area contributed by atoms with Gasteiger partial charge in [-0.15, -0.1) is 0 Å². The van der Waals surface area contributed by atoms with Crippen LogP contribution < -0.4 is 0 Å². The molecule has 4 saturated carbocycles. The highest BCUT2D eigenvalue weighted by Gasteiger charge is 2.62. The van der Waals surface area contributed by atoms with Crippen LogP contribution in [0.3, 0.4) is 0 Å². The van der Waals surface area contributed by atoms with E-state index in [4.69, 9.17) is 0 Å². The van der Waals surface area contributed by atoms with Crippen LogP contribution in [0.2, 0.25) is 0 Å². The van der Waals surface area contributed by atoms with Gasteiger partial charge in [0.1, 0.15) is 5.78 Å². The number of carbonyl (C=O) groups excluding carboxylic acids is 1. The van der Waals surface area contributed by atoms with Gasteiger partial charge in [-0.25, -0.2) is 0 Å². The van der Waals surface area contributed by atoms with Gasteiger partial charge in [0.25, 0.3) is 0 Å². The van der Waals surface area contributed by atoms with E-state index in [-0.39, 0.29) is 17.4 Å². The first-order valence-corrected chi connectivity index (χ1v) is 13.2. The van der Waals surface area contributed by atoms with Crippen molar-refractivity contribution in [3.05, 3.63) is 0 Å². The number of aliphatic hydroxyl groups excluding tert-OH is 1. The van der Waals surface area contributed by atoms with Crippen molar-refractivity contribution in [3.63, 3.8) is 0 Å². The molecule has 0 saturated heterocycles. The van der Waals surface area contributed by atoms with Crippen molar-refractivity contribution in [1.82, 2.24) is 0 Å². The van der Waals surface area contributed by atoms with Crippen molar-refractivity contribution >= 4 is 5.78 Å². The minimum absolute atomic E-state index is 0.0495. The Morgan fingerprint density at radius 2 is 1.77 bits per heavy atom. The molecular formula is C28H48O2. The molecule has 9 atom stereocenters. The van der Waals surface area contributed by atoms with Gasteiger partial charge < -0.3 is 5.11 Å². The first-order chi connectivity index (χ1) is 14.0. The fourth-order valence-corrected chi connectivity index (χ4v) is 9.12. The van der Waals surface area contributed by atoms with Crippen LogP contribution in [0.15, 0.2) is 0 Å². The second kappa shape index (κ2) is 7.89. The SMILES string of the molecule is CCC(C)(C)CC[C@@H](C)[C@H]1CC[C@H]2[C@@H]3CC(=O)[C@H]4CC[C@H](O)C[C@]4(C)[C@H]3CC[C@]12C. The van der Waals surface area contributed by atoms with Crippen LogP contribution in [-0.4, -0.2) is 17.0 Å². The lowest BCUT2D eigenvalue weighted by Gasteiger charge is -2.60. The van der Waals surface area contributed by atoms with E-state index in [1.165, 1.54) is 44.9 Å². The van der Waals surface area contributed by atoms with Crippen molar-refractivity contribution in [2.75, 3.05) is 0 Å². The average Bonchev–Trinajstić information content (AvgIpc) is 3.03. The summed E-state index contributed by atoms with van der Waals surface area (Å²) in [7, 11) is 0. The molecule has 2 heteroatoms. The zero-order chi connectivity index (χ0) is 21.9. The van der Waals surface area contributed by atoms with Gasteiger partial charge >= 0.3 is 0 Å². The normalized spacial score (nSPS) is 47.4. The number of Topliss-reactive ketones (excluding diaryl/α,β-unsaturated/α-hetero) is 1. The Morgan fingerprint density at radius 3 is 2.47 bits per heavy atom. The maximum Gasteiger partial charge on any atom is 0.136 e. The highest BCUT2D eigenvalue weighted by atomic mass is 16.3. The van der Waals surface area contributed by atoms with Crippen LogP contribution >= 0.6 is 0 Å². The number of carbonyl (C=O) groups is 1. The van der Waals surface area contributed by atoms with Crippen LogP contribution in [0.4, 0.5) is 0 Å². The van der Waals surface area contributed by atoms with E-state index in [2.05, 4.69) is 41.5 Å². The smallest absolute Gasteiger partial charge is 0.136 e. The Kier molecular flexibility index (Phi) is 6.00. The van der Waals surface area contributed by atoms with Crippen LogP contribution in [0.25, 0.3) is 0 Å². The largest absolute Gasteiger partial charge is 0.393 e. The van der Waals surface area contributed by atoms with Gasteiger partial charge in [-0.2, -0.15) is 0 Å². The topological polar surface area (TPSA) is 37.3 Å². The molecular weight excluding hydrogens is 368 g/mol. The second-order valence-electron chi connectivity index (χ2n) is 13.3. The molecule has 0 unspecified atom stereocenters. The first kappa shape index (κ1) is 22.8. The van der Waals surface area contributed by atoms with Gasteiger partial charge in [0.05, 0.1) is 6.10 Å². The van der Waals surface area contributed by atoms with Crippen LogP contribution in [0.5, 0.6) is 0 Å². The highest BCUT2D eigenvalue weighted by Crippen LogP contribution is 2.67. The maximum absolute atomic E-state index is 13.3. The number of fused-ring (bicyclic) bond motifs is 5. The molecule has 0 amide bonds. The van der Waals surface area contributed by atoms with E-state index in [9.17, 15) is 9.90 Å². The summed E-state index contributed by atoms with van der Waals surface area (Å²) in [5, 5.41) is 10.5. The van der Waals surface area contributed by atoms with Crippen molar-refractivity contribution in [1.29, 1.82) is 0 Å². The number of hydrogen-bond acceptors (Lipinski definition) is 2. The molecule has 0 spiro atoms. The molecule has 0 aliphatic heterocycles. The zero-order valence-electron chi connectivity index (χ0n) is 20.7. The fraction of sp³-hybridized carbons (Fsp3) is 0.964. The lowest BCUT2D eigenvalue weighted by Crippen LogP contribution is -2.57. The predicted molar refractivity (Wildman–Crippen MR) is 124 cm³/mol. The molecule has 0 aromatic heterocycles. The summed E-state index contributed by atoms with van der Waals surface area (Å²) in [6.07, 6.45) is 12.6. The third kappa shape index (κ3) is 3.61. The van der Waals surface area contributed by atoms with E-state index in [1.54, 1.807) is 0 Å². The lowest BCUT2D eigenvalue weighted by atomic mass is 9.44. The molecule has 2 nitrogen and oxygen atoms in total. The summed E-state index contributed by atoms with van der Waals surface area (Å²) < 4.78 is 0. The number of hydrogen-bond donors (Lipinski definition) is 1. The Bertz CT molecular complexity index is 653. The third-order valence-corrected chi connectivity index (χ3v) is 11.4. The molecule has 172 valence electrons.